The van der Waals surface area contributed by atoms with Gasteiger partial charge in [0.15, 0.2) is 4.67 Å². The second kappa shape index (κ2) is 6.37. The third-order valence-electron chi connectivity index (χ3n) is 3.38. The summed E-state index contributed by atoms with van der Waals surface area (Å²) in [4.78, 5) is 0.113. The van der Waals surface area contributed by atoms with E-state index in [1.165, 1.54) is 12.8 Å². The summed E-state index contributed by atoms with van der Waals surface area (Å²) in [6.07, 6.45) is 2.33. The third kappa shape index (κ3) is 4.79. The smallest absolute Gasteiger partial charge is 0.245 e. The van der Waals surface area contributed by atoms with Gasteiger partial charge in [0.05, 0.1) is 12.1 Å². The van der Waals surface area contributed by atoms with Gasteiger partial charge in [-0.3, -0.25) is 0 Å². The van der Waals surface area contributed by atoms with E-state index >= 15 is 0 Å². The molecule has 6 nitrogen and oxygen atoms in total. The van der Waals surface area contributed by atoms with E-state index in [0.29, 0.717) is 18.3 Å². The number of methoxy groups -OCH3 is 1. The Morgan fingerprint density at radius 1 is 1.48 bits per heavy atom. The molecule has 1 fully saturated rings. The molecule has 0 bridgehead atoms. The molecule has 1 aromatic rings. The van der Waals surface area contributed by atoms with Crippen LogP contribution in [0.25, 0.3) is 0 Å². The van der Waals surface area contributed by atoms with Gasteiger partial charge in [0.2, 0.25) is 10.0 Å². The number of halogens is 1. The summed E-state index contributed by atoms with van der Waals surface area (Å²) in [5, 5.41) is 3.28. The molecule has 1 saturated carbocycles. The van der Waals surface area contributed by atoms with Gasteiger partial charge < -0.3 is 14.5 Å². The molecule has 0 aromatic carbocycles. The molecule has 1 aromatic heterocycles. The number of hydrogen-bond acceptors (Lipinski definition) is 5. The maximum absolute atomic E-state index is 12.3. The molecule has 0 atom stereocenters. The Morgan fingerprint density at radius 2 is 2.14 bits per heavy atom. The Labute approximate surface area is 133 Å². The van der Waals surface area contributed by atoms with Crippen LogP contribution in [0.4, 0.5) is 0 Å². The van der Waals surface area contributed by atoms with Crippen molar-refractivity contribution in [3.8, 4) is 0 Å². The zero-order chi connectivity index (χ0) is 15.7. The molecule has 120 valence electrons. The lowest BCUT2D eigenvalue weighted by Crippen LogP contribution is -2.39. The number of ether oxygens (including phenoxy) is 1. The Balaban J connectivity index is 2.04. The van der Waals surface area contributed by atoms with E-state index in [1.807, 2.05) is 13.8 Å². The predicted molar refractivity (Wildman–Crippen MR) is 82.5 cm³/mol. The van der Waals surface area contributed by atoms with Crippen molar-refractivity contribution < 1.29 is 17.6 Å². The first-order valence-corrected chi connectivity index (χ1v) is 9.07. The zero-order valence-electron chi connectivity index (χ0n) is 12.4. The summed E-state index contributed by atoms with van der Waals surface area (Å²) in [5.74, 6) is 0.597. The van der Waals surface area contributed by atoms with Gasteiger partial charge in [-0.2, -0.15) is 0 Å². The minimum Gasteiger partial charge on any atom is -0.452 e. The van der Waals surface area contributed by atoms with Gasteiger partial charge in [0, 0.05) is 25.8 Å². The molecule has 0 amide bonds. The van der Waals surface area contributed by atoms with E-state index in [4.69, 9.17) is 9.15 Å². The van der Waals surface area contributed by atoms with Crippen LogP contribution in [0.1, 0.15) is 32.4 Å². The van der Waals surface area contributed by atoms with Crippen LogP contribution in [0.2, 0.25) is 0 Å². The van der Waals surface area contributed by atoms with Gasteiger partial charge in [0.1, 0.15) is 10.7 Å². The van der Waals surface area contributed by atoms with Crippen molar-refractivity contribution >= 4 is 26.0 Å². The van der Waals surface area contributed by atoms with Crippen LogP contribution in [0, 0.1) is 0 Å². The highest BCUT2D eigenvalue weighted by atomic mass is 79.9. The second-order valence-corrected chi connectivity index (χ2v) is 8.25. The first-order valence-electron chi connectivity index (χ1n) is 6.80. The number of sulfonamides is 1. The highest BCUT2D eigenvalue weighted by molar-refractivity contribution is 9.10. The van der Waals surface area contributed by atoms with E-state index in [2.05, 4.69) is 26.0 Å². The molecule has 0 radical (unpaired) electrons. The van der Waals surface area contributed by atoms with Crippen LogP contribution in [-0.2, 0) is 21.3 Å². The monoisotopic (exact) mass is 380 g/mol. The maximum Gasteiger partial charge on any atom is 0.245 e. The number of hydrogen-bond donors (Lipinski definition) is 2. The average molecular weight is 381 g/mol. The lowest BCUT2D eigenvalue weighted by molar-refractivity contribution is 0.0276. The van der Waals surface area contributed by atoms with E-state index < -0.39 is 15.6 Å². The molecule has 21 heavy (non-hydrogen) atoms. The van der Waals surface area contributed by atoms with E-state index in [1.54, 1.807) is 13.2 Å². The summed E-state index contributed by atoms with van der Waals surface area (Å²) in [5.41, 5.74) is -0.570. The molecular formula is C13H21BrN2O4S. The minimum absolute atomic E-state index is 0.113. The van der Waals surface area contributed by atoms with Crippen molar-refractivity contribution in [2.24, 2.45) is 0 Å². The average Bonchev–Trinajstić information content (AvgIpc) is 3.17. The van der Waals surface area contributed by atoms with Crippen molar-refractivity contribution in [3.05, 3.63) is 16.5 Å². The molecule has 1 aliphatic carbocycles. The van der Waals surface area contributed by atoms with Crippen LogP contribution in [0.15, 0.2) is 20.0 Å². The molecule has 0 unspecified atom stereocenters. The van der Waals surface area contributed by atoms with Gasteiger partial charge in [-0.15, -0.1) is 0 Å². The van der Waals surface area contributed by atoms with E-state index in [0.717, 1.165) is 0 Å². The Hall–Kier alpha value is -0.410. The minimum atomic E-state index is -3.63. The summed E-state index contributed by atoms with van der Waals surface area (Å²) in [7, 11) is -2.09. The lowest BCUT2D eigenvalue weighted by atomic mass is 10.1. The summed E-state index contributed by atoms with van der Waals surface area (Å²) in [6, 6.07) is 2.08. The highest BCUT2D eigenvalue weighted by Crippen LogP contribution is 2.27. The number of furan rings is 1. The first-order chi connectivity index (χ1) is 9.73. The van der Waals surface area contributed by atoms with Gasteiger partial charge in [-0.05, 0) is 42.6 Å². The summed E-state index contributed by atoms with van der Waals surface area (Å²) < 4.78 is 38.0. The van der Waals surface area contributed by atoms with Gasteiger partial charge in [-0.1, -0.05) is 0 Å². The molecule has 0 spiro atoms. The third-order valence-corrected chi connectivity index (χ3v) is 5.64. The molecule has 8 heteroatoms. The van der Waals surface area contributed by atoms with Crippen molar-refractivity contribution in [3.63, 3.8) is 0 Å². The fraction of sp³-hybridized carbons (Fsp3) is 0.692. The Bertz CT molecular complexity index is 593. The Kier molecular flexibility index (Phi) is 5.15. The molecular weight excluding hydrogens is 360 g/mol. The molecule has 2 rings (SSSR count). The topological polar surface area (TPSA) is 80.6 Å². The second-order valence-electron chi connectivity index (χ2n) is 5.79. The van der Waals surface area contributed by atoms with Crippen molar-refractivity contribution in [1.29, 1.82) is 0 Å². The predicted octanol–water partition coefficient (Wildman–Crippen LogP) is 2.00. The molecule has 1 heterocycles. The van der Waals surface area contributed by atoms with Crippen molar-refractivity contribution in [1.82, 2.24) is 10.0 Å². The summed E-state index contributed by atoms with van der Waals surface area (Å²) >= 11 is 3.17. The molecule has 0 saturated heterocycles. The summed E-state index contributed by atoms with van der Waals surface area (Å²) in [6.45, 7) is 4.33. The fourth-order valence-electron chi connectivity index (χ4n) is 1.62. The zero-order valence-corrected chi connectivity index (χ0v) is 14.8. The number of nitrogens with one attached hydrogen (secondary N) is 2. The van der Waals surface area contributed by atoms with E-state index in [9.17, 15) is 8.42 Å². The fourth-order valence-corrected chi connectivity index (χ4v) is 3.81. The molecule has 1 aliphatic rings. The number of rotatable bonds is 8. The molecule has 2 N–H and O–H groups in total. The standard InChI is InChI=1S/C13H21BrN2O4S/c1-13(2,19-3)8-16-21(17,18)11-6-10(20-12(11)14)7-15-9-4-5-9/h6,9,15-16H,4-5,7-8H2,1-3H3. The van der Waals surface area contributed by atoms with Crippen LogP contribution in [0.3, 0.4) is 0 Å². The van der Waals surface area contributed by atoms with E-state index in [-0.39, 0.29) is 16.1 Å². The van der Waals surface area contributed by atoms with Gasteiger partial charge in [0.25, 0.3) is 0 Å². The molecule has 0 aliphatic heterocycles. The van der Waals surface area contributed by atoms with Crippen LogP contribution in [-0.4, -0.2) is 33.7 Å². The van der Waals surface area contributed by atoms with Crippen molar-refractivity contribution in [2.45, 2.75) is 49.8 Å². The van der Waals surface area contributed by atoms with Crippen LogP contribution >= 0.6 is 15.9 Å². The first kappa shape index (κ1) is 17.0. The maximum atomic E-state index is 12.3. The SMILES string of the molecule is COC(C)(C)CNS(=O)(=O)c1cc(CNC2CC2)oc1Br. The normalized spacial score (nSPS) is 16.4. The lowest BCUT2D eigenvalue weighted by Gasteiger charge is -2.22. The largest absolute Gasteiger partial charge is 0.452 e. The van der Waals surface area contributed by atoms with Crippen LogP contribution < -0.4 is 10.0 Å². The van der Waals surface area contributed by atoms with Crippen molar-refractivity contribution in [2.75, 3.05) is 13.7 Å². The van der Waals surface area contributed by atoms with Gasteiger partial charge in [-0.25, -0.2) is 13.1 Å². The Morgan fingerprint density at radius 3 is 2.71 bits per heavy atom. The van der Waals surface area contributed by atoms with Gasteiger partial charge >= 0.3 is 0 Å². The quantitative estimate of drug-likeness (QED) is 0.720. The highest BCUT2D eigenvalue weighted by Gasteiger charge is 2.27. The van der Waals surface area contributed by atoms with Crippen LogP contribution in [0.5, 0.6) is 0 Å².